The number of hydrogen-bond acceptors (Lipinski definition) is 1. The van der Waals surface area contributed by atoms with Crippen LogP contribution in [0.5, 0.6) is 0 Å². The molecule has 0 spiro atoms. The molecule has 1 aromatic heterocycles. The van der Waals surface area contributed by atoms with Gasteiger partial charge < -0.3 is 0 Å². The summed E-state index contributed by atoms with van der Waals surface area (Å²) in [7, 11) is 0. The molecular formula is C8H9Cl2N. The molecule has 1 aromatic rings. The largest absolute Gasteiger partial charge is 0.224 e. The Bertz CT molecular complexity index is 228. The molecule has 0 fully saturated rings. The van der Waals surface area contributed by atoms with E-state index in [4.69, 9.17) is 23.2 Å². The van der Waals surface area contributed by atoms with Gasteiger partial charge in [-0.05, 0) is 24.1 Å². The second-order valence-electron chi connectivity index (χ2n) is 2.37. The van der Waals surface area contributed by atoms with Gasteiger partial charge >= 0.3 is 0 Å². The highest BCUT2D eigenvalue weighted by atomic mass is 35.5. The van der Waals surface area contributed by atoms with Gasteiger partial charge in [-0.25, -0.2) is 4.98 Å². The Labute approximate surface area is 76.4 Å². The summed E-state index contributed by atoms with van der Waals surface area (Å²) in [5.74, 6) is 0. The Morgan fingerprint density at radius 3 is 2.27 bits per heavy atom. The minimum atomic E-state index is 0.473. The summed E-state index contributed by atoms with van der Waals surface area (Å²) in [6, 6.07) is 3.69. The third-order valence-electron chi connectivity index (χ3n) is 1.36. The maximum atomic E-state index is 5.69. The Balaban J connectivity index is 2.89. The van der Waals surface area contributed by atoms with Gasteiger partial charge in [0, 0.05) is 0 Å². The van der Waals surface area contributed by atoms with Crippen molar-refractivity contribution in [3.8, 4) is 0 Å². The lowest BCUT2D eigenvalue weighted by Crippen LogP contribution is -1.85. The maximum absolute atomic E-state index is 5.69. The number of nitrogens with zero attached hydrogens (tertiary/aromatic N) is 1. The molecule has 11 heavy (non-hydrogen) atoms. The molecule has 0 N–H and O–H groups in total. The highest BCUT2D eigenvalue weighted by Gasteiger charge is 1.97. The van der Waals surface area contributed by atoms with Gasteiger partial charge in [-0.2, -0.15) is 0 Å². The van der Waals surface area contributed by atoms with E-state index in [0.717, 1.165) is 18.4 Å². The van der Waals surface area contributed by atoms with Crippen LogP contribution in [-0.4, -0.2) is 4.98 Å². The number of aromatic nitrogens is 1. The molecule has 1 heterocycles. The lowest BCUT2D eigenvalue weighted by Gasteiger charge is -1.98. The van der Waals surface area contributed by atoms with Crippen molar-refractivity contribution in [2.75, 3.05) is 0 Å². The molecule has 1 nitrogen and oxygen atoms in total. The molecule has 0 radical (unpaired) electrons. The maximum Gasteiger partial charge on any atom is 0.131 e. The Hall–Kier alpha value is -0.270. The van der Waals surface area contributed by atoms with E-state index in [1.54, 1.807) is 0 Å². The molecule has 3 heteroatoms. The summed E-state index contributed by atoms with van der Waals surface area (Å²) < 4.78 is 0. The molecule has 0 saturated heterocycles. The van der Waals surface area contributed by atoms with E-state index in [-0.39, 0.29) is 0 Å². The SMILES string of the molecule is CCCc1cc(Cl)nc(Cl)c1. The van der Waals surface area contributed by atoms with E-state index in [9.17, 15) is 0 Å². The van der Waals surface area contributed by atoms with Crippen molar-refractivity contribution < 1.29 is 0 Å². The van der Waals surface area contributed by atoms with Crippen molar-refractivity contribution in [3.63, 3.8) is 0 Å². The number of pyridine rings is 1. The van der Waals surface area contributed by atoms with Crippen LogP contribution in [0.1, 0.15) is 18.9 Å². The van der Waals surface area contributed by atoms with Crippen molar-refractivity contribution in [1.29, 1.82) is 0 Å². The van der Waals surface area contributed by atoms with Gasteiger partial charge in [-0.15, -0.1) is 0 Å². The first kappa shape index (κ1) is 8.82. The van der Waals surface area contributed by atoms with E-state index in [0.29, 0.717) is 10.3 Å². The number of aryl methyl sites for hydroxylation is 1. The average Bonchev–Trinajstić information content (AvgIpc) is 1.85. The van der Waals surface area contributed by atoms with Gasteiger partial charge in [0.25, 0.3) is 0 Å². The molecule has 0 atom stereocenters. The van der Waals surface area contributed by atoms with E-state index >= 15 is 0 Å². The molecular weight excluding hydrogens is 181 g/mol. The summed E-state index contributed by atoms with van der Waals surface area (Å²) in [4.78, 5) is 3.85. The van der Waals surface area contributed by atoms with Gasteiger partial charge in [0.15, 0.2) is 0 Å². The molecule has 0 saturated carbocycles. The predicted octanol–water partition coefficient (Wildman–Crippen LogP) is 3.34. The van der Waals surface area contributed by atoms with Crippen molar-refractivity contribution in [2.45, 2.75) is 19.8 Å². The van der Waals surface area contributed by atoms with E-state index < -0.39 is 0 Å². The van der Waals surface area contributed by atoms with Crippen molar-refractivity contribution in [2.24, 2.45) is 0 Å². The first-order valence-electron chi connectivity index (χ1n) is 3.54. The fraction of sp³-hybridized carbons (Fsp3) is 0.375. The van der Waals surface area contributed by atoms with E-state index in [2.05, 4.69) is 11.9 Å². The third kappa shape index (κ3) is 2.68. The highest BCUT2D eigenvalue weighted by molar-refractivity contribution is 6.32. The van der Waals surface area contributed by atoms with Crippen molar-refractivity contribution in [3.05, 3.63) is 28.0 Å². The van der Waals surface area contributed by atoms with E-state index in [1.165, 1.54) is 0 Å². The third-order valence-corrected chi connectivity index (χ3v) is 1.75. The molecule has 0 bridgehead atoms. The van der Waals surface area contributed by atoms with E-state index in [1.807, 2.05) is 12.1 Å². The Kier molecular flexibility index (Phi) is 3.16. The topological polar surface area (TPSA) is 12.9 Å². The van der Waals surface area contributed by atoms with Crippen LogP contribution in [0.25, 0.3) is 0 Å². The van der Waals surface area contributed by atoms with Gasteiger partial charge in [-0.3, -0.25) is 0 Å². The molecule has 0 aliphatic heterocycles. The monoisotopic (exact) mass is 189 g/mol. The number of rotatable bonds is 2. The molecule has 0 aromatic carbocycles. The van der Waals surface area contributed by atoms with Gasteiger partial charge in [0.05, 0.1) is 0 Å². The summed E-state index contributed by atoms with van der Waals surface area (Å²) in [5, 5.41) is 0.946. The highest BCUT2D eigenvalue weighted by Crippen LogP contribution is 2.15. The Morgan fingerprint density at radius 1 is 1.27 bits per heavy atom. The van der Waals surface area contributed by atoms with Gasteiger partial charge in [0.1, 0.15) is 10.3 Å². The number of hydrogen-bond donors (Lipinski definition) is 0. The lowest BCUT2D eigenvalue weighted by atomic mass is 10.2. The van der Waals surface area contributed by atoms with Gasteiger partial charge in [-0.1, -0.05) is 36.5 Å². The molecule has 60 valence electrons. The minimum absolute atomic E-state index is 0.473. The summed E-state index contributed by atoms with van der Waals surface area (Å²) in [6.07, 6.45) is 2.10. The Morgan fingerprint density at radius 2 is 1.82 bits per heavy atom. The normalized spacial score (nSPS) is 10.1. The molecule has 0 aliphatic rings. The zero-order valence-corrected chi connectivity index (χ0v) is 7.78. The van der Waals surface area contributed by atoms with Crippen LogP contribution in [0.2, 0.25) is 10.3 Å². The fourth-order valence-corrected chi connectivity index (χ4v) is 1.45. The lowest BCUT2D eigenvalue weighted by molar-refractivity contribution is 0.918. The zero-order valence-electron chi connectivity index (χ0n) is 6.27. The first-order chi connectivity index (χ1) is 5.22. The predicted molar refractivity (Wildman–Crippen MR) is 48.3 cm³/mol. The summed E-state index contributed by atoms with van der Waals surface area (Å²) in [6.45, 7) is 2.11. The van der Waals surface area contributed by atoms with Crippen LogP contribution in [0.3, 0.4) is 0 Å². The van der Waals surface area contributed by atoms with Crippen LogP contribution < -0.4 is 0 Å². The molecule has 0 amide bonds. The molecule has 0 unspecified atom stereocenters. The summed E-state index contributed by atoms with van der Waals surface area (Å²) >= 11 is 11.4. The summed E-state index contributed by atoms with van der Waals surface area (Å²) in [5.41, 5.74) is 1.15. The first-order valence-corrected chi connectivity index (χ1v) is 4.30. The average molecular weight is 190 g/mol. The molecule has 0 aliphatic carbocycles. The van der Waals surface area contributed by atoms with Crippen molar-refractivity contribution >= 4 is 23.2 Å². The van der Waals surface area contributed by atoms with Crippen LogP contribution in [-0.2, 0) is 6.42 Å². The fourth-order valence-electron chi connectivity index (χ4n) is 0.947. The second kappa shape index (κ2) is 3.93. The van der Waals surface area contributed by atoms with Crippen LogP contribution >= 0.6 is 23.2 Å². The van der Waals surface area contributed by atoms with Crippen LogP contribution in [0.4, 0.5) is 0 Å². The quantitative estimate of drug-likeness (QED) is 0.651. The standard InChI is InChI=1S/C8H9Cl2N/c1-2-3-6-4-7(9)11-8(10)5-6/h4-5H,2-3H2,1H3. The zero-order chi connectivity index (χ0) is 8.27. The molecule has 1 rings (SSSR count). The van der Waals surface area contributed by atoms with Crippen LogP contribution in [0, 0.1) is 0 Å². The van der Waals surface area contributed by atoms with Crippen molar-refractivity contribution in [1.82, 2.24) is 4.98 Å². The second-order valence-corrected chi connectivity index (χ2v) is 3.15. The van der Waals surface area contributed by atoms with Gasteiger partial charge in [0.2, 0.25) is 0 Å². The number of halogens is 2. The van der Waals surface area contributed by atoms with Crippen LogP contribution in [0.15, 0.2) is 12.1 Å². The minimum Gasteiger partial charge on any atom is -0.224 e. The smallest absolute Gasteiger partial charge is 0.131 e.